The summed E-state index contributed by atoms with van der Waals surface area (Å²) in [6.07, 6.45) is 5.90. The van der Waals surface area contributed by atoms with E-state index in [1.54, 1.807) is 12.2 Å². The summed E-state index contributed by atoms with van der Waals surface area (Å²) in [5.41, 5.74) is 7.33. The summed E-state index contributed by atoms with van der Waals surface area (Å²) in [5.74, 6) is -0.0662. The number of hydrogen-bond donors (Lipinski definition) is 2. The van der Waals surface area contributed by atoms with Crippen LogP contribution >= 0.6 is 0 Å². The smallest absolute Gasteiger partial charge is 0.244 e. The molecule has 108 valence electrons. The third kappa shape index (κ3) is 4.38. The van der Waals surface area contributed by atoms with E-state index in [4.69, 9.17) is 5.73 Å². The standard InChI is InChI=1S/C16H23N3O/c1-12(19(2)15-7-8-15)11-18-16(20)9-6-13-4-3-5-14(17)10-13/h3-6,9-10,12,15H,7-8,11,17H2,1-2H3,(H,18,20)/b9-6+. The molecule has 1 aromatic rings. The van der Waals surface area contributed by atoms with Gasteiger partial charge in [-0.2, -0.15) is 0 Å². The first-order valence-electron chi connectivity index (χ1n) is 7.09. The number of carbonyl (C=O) groups is 1. The van der Waals surface area contributed by atoms with E-state index >= 15 is 0 Å². The van der Waals surface area contributed by atoms with Crippen LogP contribution in [-0.2, 0) is 4.79 Å². The molecule has 4 nitrogen and oxygen atoms in total. The highest BCUT2D eigenvalue weighted by atomic mass is 16.1. The van der Waals surface area contributed by atoms with E-state index in [-0.39, 0.29) is 5.91 Å². The van der Waals surface area contributed by atoms with Crippen molar-refractivity contribution in [1.29, 1.82) is 0 Å². The summed E-state index contributed by atoms with van der Waals surface area (Å²) in [6, 6.07) is 8.54. The Morgan fingerprint density at radius 1 is 1.55 bits per heavy atom. The Kier molecular flexibility index (Phi) is 4.79. The van der Waals surface area contributed by atoms with Gasteiger partial charge in [0.25, 0.3) is 0 Å². The number of likely N-dealkylation sites (N-methyl/N-ethyl adjacent to an activating group) is 1. The topological polar surface area (TPSA) is 58.4 Å². The molecule has 1 unspecified atom stereocenters. The normalized spacial score (nSPS) is 16.6. The lowest BCUT2D eigenvalue weighted by molar-refractivity contribution is -0.116. The van der Waals surface area contributed by atoms with Gasteiger partial charge >= 0.3 is 0 Å². The average molecular weight is 273 g/mol. The number of benzene rings is 1. The molecule has 1 aromatic carbocycles. The third-order valence-electron chi connectivity index (χ3n) is 3.73. The van der Waals surface area contributed by atoms with Crippen LogP contribution in [0, 0.1) is 0 Å². The molecule has 1 aliphatic rings. The second-order valence-electron chi connectivity index (χ2n) is 5.49. The molecule has 20 heavy (non-hydrogen) atoms. The molecular formula is C16H23N3O. The lowest BCUT2D eigenvalue weighted by Gasteiger charge is -2.24. The Morgan fingerprint density at radius 3 is 2.95 bits per heavy atom. The van der Waals surface area contributed by atoms with Crippen LogP contribution in [0.2, 0.25) is 0 Å². The number of nitrogens with one attached hydrogen (secondary N) is 1. The molecule has 0 spiro atoms. The summed E-state index contributed by atoms with van der Waals surface area (Å²) >= 11 is 0. The first-order chi connectivity index (χ1) is 9.56. The minimum atomic E-state index is -0.0662. The van der Waals surface area contributed by atoms with Crippen molar-refractivity contribution in [3.05, 3.63) is 35.9 Å². The van der Waals surface area contributed by atoms with Crippen molar-refractivity contribution < 1.29 is 4.79 Å². The van der Waals surface area contributed by atoms with Crippen LogP contribution in [0.25, 0.3) is 6.08 Å². The summed E-state index contributed by atoms with van der Waals surface area (Å²) < 4.78 is 0. The van der Waals surface area contributed by atoms with Gasteiger partial charge in [-0.05, 0) is 50.6 Å². The fraction of sp³-hybridized carbons (Fsp3) is 0.438. The Hall–Kier alpha value is -1.81. The molecule has 0 aromatic heterocycles. The van der Waals surface area contributed by atoms with E-state index in [0.29, 0.717) is 24.3 Å². The van der Waals surface area contributed by atoms with Crippen LogP contribution in [0.3, 0.4) is 0 Å². The highest BCUT2D eigenvalue weighted by Gasteiger charge is 2.28. The molecule has 1 amide bonds. The quantitative estimate of drug-likeness (QED) is 0.614. The van der Waals surface area contributed by atoms with Crippen molar-refractivity contribution in [3.63, 3.8) is 0 Å². The number of nitrogen functional groups attached to an aromatic ring is 1. The molecule has 0 bridgehead atoms. The van der Waals surface area contributed by atoms with Gasteiger partial charge in [-0.3, -0.25) is 9.69 Å². The minimum absolute atomic E-state index is 0.0662. The number of nitrogens with two attached hydrogens (primary N) is 1. The van der Waals surface area contributed by atoms with Gasteiger partial charge in [0.1, 0.15) is 0 Å². The van der Waals surface area contributed by atoms with E-state index in [0.717, 1.165) is 5.56 Å². The number of hydrogen-bond acceptors (Lipinski definition) is 3. The molecule has 3 N–H and O–H groups in total. The molecular weight excluding hydrogens is 250 g/mol. The molecule has 1 saturated carbocycles. The Balaban J connectivity index is 1.77. The molecule has 1 fully saturated rings. The zero-order chi connectivity index (χ0) is 14.5. The van der Waals surface area contributed by atoms with Crippen molar-refractivity contribution in [1.82, 2.24) is 10.2 Å². The van der Waals surface area contributed by atoms with Gasteiger partial charge in [-0.1, -0.05) is 12.1 Å². The maximum Gasteiger partial charge on any atom is 0.244 e. The van der Waals surface area contributed by atoms with Crippen LogP contribution < -0.4 is 11.1 Å². The van der Waals surface area contributed by atoms with Gasteiger partial charge in [-0.25, -0.2) is 0 Å². The molecule has 0 radical (unpaired) electrons. The second kappa shape index (κ2) is 6.57. The average Bonchev–Trinajstić information content (AvgIpc) is 3.26. The van der Waals surface area contributed by atoms with Crippen molar-refractivity contribution in [2.75, 3.05) is 19.3 Å². The lowest BCUT2D eigenvalue weighted by atomic mass is 10.2. The van der Waals surface area contributed by atoms with Crippen molar-refractivity contribution in [2.45, 2.75) is 31.8 Å². The number of nitrogens with zero attached hydrogens (tertiary/aromatic N) is 1. The van der Waals surface area contributed by atoms with E-state index in [9.17, 15) is 4.79 Å². The summed E-state index contributed by atoms with van der Waals surface area (Å²) in [7, 11) is 2.12. The van der Waals surface area contributed by atoms with Crippen LogP contribution in [0.5, 0.6) is 0 Å². The maximum absolute atomic E-state index is 11.8. The fourth-order valence-electron chi connectivity index (χ4n) is 2.13. The maximum atomic E-state index is 11.8. The van der Waals surface area contributed by atoms with Gasteiger partial charge in [0.2, 0.25) is 5.91 Å². The number of anilines is 1. The van der Waals surface area contributed by atoms with Gasteiger partial charge in [0, 0.05) is 30.4 Å². The molecule has 4 heteroatoms. The summed E-state index contributed by atoms with van der Waals surface area (Å²) in [5, 5.41) is 2.93. The molecule has 1 aliphatic carbocycles. The Bertz CT molecular complexity index is 494. The van der Waals surface area contributed by atoms with Gasteiger partial charge < -0.3 is 11.1 Å². The van der Waals surface area contributed by atoms with E-state index in [1.165, 1.54) is 12.8 Å². The van der Waals surface area contributed by atoms with E-state index in [2.05, 4.69) is 24.2 Å². The number of carbonyl (C=O) groups excluding carboxylic acids is 1. The SMILES string of the molecule is CC(CNC(=O)/C=C/c1cccc(N)c1)N(C)C1CC1. The zero-order valence-corrected chi connectivity index (χ0v) is 12.2. The van der Waals surface area contributed by atoms with Crippen molar-refractivity contribution in [3.8, 4) is 0 Å². The van der Waals surface area contributed by atoms with Crippen LogP contribution in [0.1, 0.15) is 25.3 Å². The van der Waals surface area contributed by atoms with Crippen molar-refractivity contribution in [2.24, 2.45) is 0 Å². The van der Waals surface area contributed by atoms with E-state index < -0.39 is 0 Å². The van der Waals surface area contributed by atoms with Crippen molar-refractivity contribution >= 4 is 17.7 Å². The number of rotatable bonds is 6. The summed E-state index contributed by atoms with van der Waals surface area (Å²) in [4.78, 5) is 14.1. The molecule has 0 saturated heterocycles. The molecule has 0 heterocycles. The lowest BCUT2D eigenvalue weighted by Crippen LogP contribution is -2.40. The highest BCUT2D eigenvalue weighted by Crippen LogP contribution is 2.26. The first-order valence-corrected chi connectivity index (χ1v) is 7.09. The van der Waals surface area contributed by atoms with Crippen LogP contribution in [0.4, 0.5) is 5.69 Å². The van der Waals surface area contributed by atoms with Gasteiger partial charge in [0.15, 0.2) is 0 Å². The van der Waals surface area contributed by atoms with Crippen LogP contribution in [0.15, 0.2) is 30.3 Å². The van der Waals surface area contributed by atoms with Gasteiger partial charge in [0.05, 0.1) is 0 Å². The van der Waals surface area contributed by atoms with E-state index in [1.807, 2.05) is 24.3 Å². The molecule has 1 atom stereocenters. The highest BCUT2D eigenvalue weighted by molar-refractivity contribution is 5.91. The Morgan fingerprint density at radius 2 is 2.30 bits per heavy atom. The monoisotopic (exact) mass is 273 g/mol. The Labute approximate surface area is 120 Å². The summed E-state index contributed by atoms with van der Waals surface area (Å²) in [6.45, 7) is 2.81. The largest absolute Gasteiger partial charge is 0.399 e. The van der Waals surface area contributed by atoms with Crippen LogP contribution in [-0.4, -0.2) is 36.5 Å². The third-order valence-corrected chi connectivity index (χ3v) is 3.73. The van der Waals surface area contributed by atoms with Gasteiger partial charge in [-0.15, -0.1) is 0 Å². The predicted molar refractivity (Wildman–Crippen MR) is 83.1 cm³/mol. The minimum Gasteiger partial charge on any atom is -0.399 e. The fourth-order valence-corrected chi connectivity index (χ4v) is 2.13. The second-order valence-corrected chi connectivity index (χ2v) is 5.49. The number of amides is 1. The molecule has 2 rings (SSSR count). The zero-order valence-electron chi connectivity index (χ0n) is 12.2. The molecule has 0 aliphatic heterocycles. The first kappa shape index (κ1) is 14.6. The predicted octanol–water partition coefficient (Wildman–Crippen LogP) is 1.88.